The maximum absolute atomic E-state index is 10.9. The second-order valence-corrected chi connectivity index (χ2v) is 7.57. The molecule has 1 rings (SSSR count). The standard InChI is InChI=1S/C13H27NO3S/c1-3-12-5-4-6-13(11-12)17-9-7-14-8-10-18(2,15)16/h12-14H,3-11H2,1-2H3. The Morgan fingerprint density at radius 2 is 2.06 bits per heavy atom. The van der Waals surface area contributed by atoms with E-state index < -0.39 is 9.84 Å². The molecular weight excluding hydrogens is 250 g/mol. The van der Waals surface area contributed by atoms with Gasteiger partial charge in [0.1, 0.15) is 9.84 Å². The molecule has 0 bridgehead atoms. The smallest absolute Gasteiger partial charge is 0.148 e. The fraction of sp³-hybridized carbons (Fsp3) is 1.00. The lowest BCUT2D eigenvalue weighted by Gasteiger charge is -2.28. The Kier molecular flexibility index (Phi) is 7.19. The van der Waals surface area contributed by atoms with E-state index in [0.29, 0.717) is 19.3 Å². The SMILES string of the molecule is CCC1CCCC(OCCNCCS(C)(=O)=O)C1. The predicted octanol–water partition coefficient (Wildman–Crippen LogP) is 1.61. The zero-order valence-electron chi connectivity index (χ0n) is 11.7. The fourth-order valence-corrected chi connectivity index (χ4v) is 2.96. The maximum Gasteiger partial charge on any atom is 0.148 e. The highest BCUT2D eigenvalue weighted by molar-refractivity contribution is 7.90. The van der Waals surface area contributed by atoms with Gasteiger partial charge in [0.05, 0.1) is 18.5 Å². The van der Waals surface area contributed by atoms with Crippen LogP contribution in [0.5, 0.6) is 0 Å². The van der Waals surface area contributed by atoms with Gasteiger partial charge in [-0.05, 0) is 18.8 Å². The Balaban J connectivity index is 2.00. The topological polar surface area (TPSA) is 55.4 Å². The lowest BCUT2D eigenvalue weighted by molar-refractivity contribution is 0.0144. The molecule has 4 nitrogen and oxygen atoms in total. The zero-order chi connectivity index (χ0) is 13.4. The molecule has 0 aromatic heterocycles. The lowest BCUT2D eigenvalue weighted by Crippen LogP contribution is -2.29. The summed E-state index contributed by atoms with van der Waals surface area (Å²) in [6.45, 7) is 4.19. The van der Waals surface area contributed by atoms with Gasteiger partial charge in [0.25, 0.3) is 0 Å². The van der Waals surface area contributed by atoms with E-state index in [0.717, 1.165) is 12.5 Å². The molecule has 1 saturated carbocycles. The van der Waals surface area contributed by atoms with Gasteiger partial charge < -0.3 is 10.1 Å². The van der Waals surface area contributed by atoms with Crippen LogP contribution in [0.25, 0.3) is 0 Å². The summed E-state index contributed by atoms with van der Waals surface area (Å²) in [6.07, 6.45) is 7.94. The second-order valence-electron chi connectivity index (χ2n) is 5.31. The summed E-state index contributed by atoms with van der Waals surface area (Å²) < 4.78 is 27.7. The van der Waals surface area contributed by atoms with Gasteiger partial charge in [-0.3, -0.25) is 0 Å². The summed E-state index contributed by atoms with van der Waals surface area (Å²) >= 11 is 0. The molecule has 0 amide bonds. The molecule has 0 aromatic carbocycles. The van der Waals surface area contributed by atoms with Crippen LogP contribution in [0.2, 0.25) is 0 Å². The minimum Gasteiger partial charge on any atom is -0.377 e. The molecule has 0 radical (unpaired) electrons. The molecule has 1 aliphatic rings. The molecule has 0 spiro atoms. The number of ether oxygens (including phenoxy) is 1. The van der Waals surface area contributed by atoms with Crippen LogP contribution in [0, 0.1) is 5.92 Å². The first-order valence-corrected chi connectivity index (χ1v) is 9.07. The molecule has 1 N–H and O–H groups in total. The third-order valence-corrected chi connectivity index (χ3v) is 4.54. The first-order valence-electron chi connectivity index (χ1n) is 7.01. The van der Waals surface area contributed by atoms with Crippen molar-refractivity contribution in [2.45, 2.75) is 45.1 Å². The van der Waals surface area contributed by atoms with E-state index in [-0.39, 0.29) is 5.75 Å². The molecule has 0 heterocycles. The van der Waals surface area contributed by atoms with E-state index in [1.807, 2.05) is 0 Å². The fourth-order valence-electron chi connectivity index (χ4n) is 2.44. The summed E-state index contributed by atoms with van der Waals surface area (Å²) in [6, 6.07) is 0. The third-order valence-electron chi connectivity index (χ3n) is 3.59. The lowest BCUT2D eigenvalue weighted by atomic mass is 9.85. The van der Waals surface area contributed by atoms with Crippen LogP contribution in [-0.2, 0) is 14.6 Å². The van der Waals surface area contributed by atoms with Crippen LogP contribution in [0.1, 0.15) is 39.0 Å². The Labute approximate surface area is 111 Å². The average Bonchev–Trinajstić information content (AvgIpc) is 2.32. The highest BCUT2D eigenvalue weighted by atomic mass is 32.2. The van der Waals surface area contributed by atoms with Crippen molar-refractivity contribution in [1.29, 1.82) is 0 Å². The first-order chi connectivity index (χ1) is 8.51. The number of hydrogen-bond donors (Lipinski definition) is 1. The summed E-state index contributed by atoms with van der Waals surface area (Å²) in [5, 5.41) is 3.10. The average molecular weight is 277 g/mol. The van der Waals surface area contributed by atoms with Gasteiger partial charge in [-0.2, -0.15) is 0 Å². The Hall–Kier alpha value is -0.130. The summed E-state index contributed by atoms with van der Waals surface area (Å²) in [7, 11) is -2.85. The largest absolute Gasteiger partial charge is 0.377 e. The number of hydrogen-bond acceptors (Lipinski definition) is 4. The minimum absolute atomic E-state index is 0.203. The van der Waals surface area contributed by atoms with E-state index in [1.54, 1.807) is 0 Å². The molecule has 0 aliphatic heterocycles. The van der Waals surface area contributed by atoms with E-state index in [9.17, 15) is 8.42 Å². The van der Waals surface area contributed by atoms with Crippen LogP contribution in [0.4, 0.5) is 0 Å². The van der Waals surface area contributed by atoms with Crippen molar-refractivity contribution in [2.24, 2.45) is 5.92 Å². The number of nitrogens with one attached hydrogen (secondary N) is 1. The van der Waals surface area contributed by atoms with Crippen LogP contribution in [0.15, 0.2) is 0 Å². The zero-order valence-corrected chi connectivity index (χ0v) is 12.5. The quantitative estimate of drug-likeness (QED) is 0.685. The van der Waals surface area contributed by atoms with Crippen molar-refractivity contribution < 1.29 is 13.2 Å². The number of rotatable bonds is 8. The highest BCUT2D eigenvalue weighted by Gasteiger charge is 2.20. The van der Waals surface area contributed by atoms with Crippen LogP contribution in [0.3, 0.4) is 0 Å². The molecule has 108 valence electrons. The first kappa shape index (κ1) is 15.9. The van der Waals surface area contributed by atoms with Gasteiger partial charge in [-0.1, -0.05) is 26.2 Å². The van der Waals surface area contributed by atoms with E-state index in [2.05, 4.69) is 12.2 Å². The maximum atomic E-state index is 10.9. The van der Waals surface area contributed by atoms with Crippen LogP contribution in [-0.4, -0.2) is 46.2 Å². The molecule has 0 saturated heterocycles. The van der Waals surface area contributed by atoms with E-state index in [4.69, 9.17) is 4.74 Å². The highest BCUT2D eigenvalue weighted by Crippen LogP contribution is 2.28. The van der Waals surface area contributed by atoms with E-state index >= 15 is 0 Å². The van der Waals surface area contributed by atoms with Crippen LogP contribution < -0.4 is 5.32 Å². The molecule has 2 atom stereocenters. The minimum atomic E-state index is -2.85. The summed E-state index contributed by atoms with van der Waals surface area (Å²) in [4.78, 5) is 0. The van der Waals surface area contributed by atoms with E-state index in [1.165, 1.54) is 38.4 Å². The summed E-state index contributed by atoms with van der Waals surface area (Å²) in [5.74, 6) is 1.04. The van der Waals surface area contributed by atoms with Crippen LogP contribution >= 0.6 is 0 Å². The molecule has 1 fully saturated rings. The van der Waals surface area contributed by atoms with Crippen molar-refractivity contribution >= 4 is 9.84 Å². The van der Waals surface area contributed by atoms with Gasteiger partial charge in [-0.15, -0.1) is 0 Å². The summed E-state index contributed by atoms with van der Waals surface area (Å²) in [5.41, 5.74) is 0. The van der Waals surface area contributed by atoms with Gasteiger partial charge in [0, 0.05) is 19.3 Å². The normalized spacial score (nSPS) is 25.2. The molecule has 2 unspecified atom stereocenters. The van der Waals surface area contributed by atoms with Crippen molar-refractivity contribution in [3.63, 3.8) is 0 Å². The van der Waals surface area contributed by atoms with Gasteiger partial charge in [-0.25, -0.2) is 8.42 Å². The third kappa shape index (κ3) is 7.34. The predicted molar refractivity (Wildman–Crippen MR) is 74.6 cm³/mol. The molecule has 1 aliphatic carbocycles. The van der Waals surface area contributed by atoms with Gasteiger partial charge in [0.15, 0.2) is 0 Å². The monoisotopic (exact) mass is 277 g/mol. The molecule has 5 heteroatoms. The Morgan fingerprint density at radius 3 is 2.72 bits per heavy atom. The molecule has 0 aromatic rings. The second kappa shape index (κ2) is 8.12. The Morgan fingerprint density at radius 1 is 1.28 bits per heavy atom. The molecular formula is C13H27NO3S. The van der Waals surface area contributed by atoms with Gasteiger partial charge in [0.2, 0.25) is 0 Å². The van der Waals surface area contributed by atoms with Gasteiger partial charge >= 0.3 is 0 Å². The van der Waals surface area contributed by atoms with Crippen molar-refractivity contribution in [3.8, 4) is 0 Å². The number of sulfone groups is 1. The molecule has 18 heavy (non-hydrogen) atoms. The Bertz CT molecular complexity index is 316. The van der Waals surface area contributed by atoms with Crippen molar-refractivity contribution in [2.75, 3.05) is 31.7 Å². The van der Waals surface area contributed by atoms with Crippen molar-refractivity contribution in [3.05, 3.63) is 0 Å². The van der Waals surface area contributed by atoms with Crippen molar-refractivity contribution in [1.82, 2.24) is 5.32 Å².